The Hall–Kier alpha value is -0.500. The normalized spacial score (nSPS) is 14.9. The van der Waals surface area contributed by atoms with E-state index in [9.17, 15) is 0 Å². The summed E-state index contributed by atoms with van der Waals surface area (Å²) in [5, 5.41) is 0. The summed E-state index contributed by atoms with van der Waals surface area (Å²) >= 11 is 0. The van der Waals surface area contributed by atoms with Crippen LogP contribution in [0.1, 0.15) is 41.5 Å². The molecule has 0 aliphatic heterocycles. The molecule has 0 aliphatic rings. The summed E-state index contributed by atoms with van der Waals surface area (Å²) in [5.41, 5.74) is 0. The van der Waals surface area contributed by atoms with Gasteiger partial charge in [0, 0.05) is 14.4 Å². The van der Waals surface area contributed by atoms with Gasteiger partial charge in [0.05, 0.1) is 0 Å². The quantitative estimate of drug-likeness (QED) is 0.624. The molecule has 0 fully saturated rings. The van der Waals surface area contributed by atoms with Crippen molar-refractivity contribution in [3.63, 3.8) is 0 Å². The van der Waals surface area contributed by atoms with Crippen molar-refractivity contribution in [2.75, 3.05) is 0 Å². The lowest BCUT2D eigenvalue weighted by Crippen LogP contribution is -2.35. The van der Waals surface area contributed by atoms with Gasteiger partial charge in [0.1, 0.15) is 0 Å². The van der Waals surface area contributed by atoms with Gasteiger partial charge < -0.3 is 0 Å². The predicted molar refractivity (Wildman–Crippen MR) is 72.9 cm³/mol. The molecule has 0 spiro atoms. The number of hydrogen-bond acceptors (Lipinski definition) is 0. The second-order valence-electron chi connectivity index (χ2n) is 6.08. The first-order valence-electron chi connectivity index (χ1n) is 5.68. The van der Waals surface area contributed by atoms with Crippen LogP contribution in [0.15, 0.2) is 35.2 Å². The molecule has 0 radical (unpaired) electrons. The zero-order valence-electron chi connectivity index (χ0n) is 11.2. The zero-order chi connectivity index (χ0) is 12.6. The first kappa shape index (κ1) is 13.6. The lowest BCUT2D eigenvalue weighted by molar-refractivity contribution is 0.640. The molecule has 1 rings (SSSR count). The summed E-state index contributed by atoms with van der Waals surface area (Å²) in [5.74, 6) is 0. The summed E-state index contributed by atoms with van der Waals surface area (Å²) in [4.78, 5) is 0.856. The van der Waals surface area contributed by atoms with Crippen LogP contribution in [-0.2, 0) is 0 Å². The topological polar surface area (TPSA) is 0 Å². The van der Waals surface area contributed by atoms with Crippen LogP contribution < -0.4 is 0 Å². The molecule has 1 aromatic rings. The number of hydrogen-bond donors (Lipinski definition) is 0. The zero-order valence-corrected chi connectivity index (χ0v) is 12.0. The Morgan fingerprint density at radius 2 is 1.19 bits per heavy atom. The summed E-state index contributed by atoms with van der Waals surface area (Å²) < 4.78 is 14.9. The highest BCUT2D eigenvalue weighted by Crippen LogP contribution is 2.73. The fourth-order valence-electron chi connectivity index (χ4n) is 2.23. The van der Waals surface area contributed by atoms with E-state index in [1.165, 1.54) is 0 Å². The van der Waals surface area contributed by atoms with Gasteiger partial charge in [0.2, 0.25) is 0 Å². The van der Waals surface area contributed by atoms with Gasteiger partial charge in [0.25, 0.3) is 0 Å². The minimum Gasteiger partial charge on any atom is -0.184 e. The number of halogens is 1. The maximum Gasteiger partial charge on any atom is 0.0224 e. The van der Waals surface area contributed by atoms with Crippen molar-refractivity contribution in [3.8, 4) is 0 Å². The van der Waals surface area contributed by atoms with Crippen LogP contribution in [-0.4, -0.2) is 9.49 Å². The average Bonchev–Trinajstić information content (AvgIpc) is 2.14. The van der Waals surface area contributed by atoms with Crippen LogP contribution in [0.3, 0.4) is 0 Å². The standard InChI is InChI=1S/C14H23FS/c1-13(2,3)16(15,14(4,5)6)12-10-8-7-9-11-12/h7-11H,1-6H3. The molecule has 0 saturated carbocycles. The monoisotopic (exact) mass is 242 g/mol. The molecular weight excluding hydrogens is 219 g/mol. The number of rotatable bonds is 1. The lowest BCUT2D eigenvalue weighted by atomic mass is 10.2. The van der Waals surface area contributed by atoms with E-state index in [1.807, 2.05) is 71.9 Å². The second-order valence-corrected chi connectivity index (χ2v) is 10.1. The molecule has 0 unspecified atom stereocenters. The molecule has 0 saturated heterocycles. The Morgan fingerprint density at radius 1 is 0.812 bits per heavy atom. The van der Waals surface area contributed by atoms with Crippen LogP contribution in [0.2, 0.25) is 0 Å². The van der Waals surface area contributed by atoms with Gasteiger partial charge in [-0.25, -0.2) is 0 Å². The van der Waals surface area contributed by atoms with Crippen molar-refractivity contribution in [1.82, 2.24) is 0 Å². The molecule has 0 N–H and O–H groups in total. The molecule has 16 heavy (non-hydrogen) atoms. The van der Waals surface area contributed by atoms with Gasteiger partial charge in [-0.05, 0) is 53.7 Å². The Morgan fingerprint density at radius 3 is 1.50 bits per heavy atom. The average molecular weight is 242 g/mol. The molecular formula is C14H23FS. The van der Waals surface area contributed by atoms with Crippen molar-refractivity contribution in [3.05, 3.63) is 30.3 Å². The van der Waals surface area contributed by atoms with E-state index < -0.39 is 10.4 Å². The second kappa shape index (κ2) is 4.06. The van der Waals surface area contributed by atoms with E-state index in [0.29, 0.717) is 0 Å². The van der Waals surface area contributed by atoms with Gasteiger partial charge in [-0.15, -0.1) is 0 Å². The molecule has 0 nitrogen and oxygen atoms in total. The maximum atomic E-state index is 15.6. The molecule has 2 heteroatoms. The highest BCUT2D eigenvalue weighted by Gasteiger charge is 2.47. The Bertz CT molecular complexity index is 329. The Balaban J connectivity index is 3.39. The van der Waals surface area contributed by atoms with Gasteiger partial charge in [-0.3, -0.25) is 0 Å². The van der Waals surface area contributed by atoms with Gasteiger partial charge in [-0.2, -0.15) is 3.89 Å². The molecule has 0 heterocycles. The SMILES string of the molecule is CC(C)(C)S(F)(c1ccccc1)C(C)(C)C. The van der Waals surface area contributed by atoms with Gasteiger partial charge >= 0.3 is 0 Å². The van der Waals surface area contributed by atoms with Gasteiger partial charge in [0.15, 0.2) is 0 Å². The molecule has 0 bridgehead atoms. The first-order chi connectivity index (χ1) is 7.11. The Labute approximate surface area is 101 Å². The van der Waals surface area contributed by atoms with Crippen LogP contribution in [0, 0.1) is 0 Å². The van der Waals surface area contributed by atoms with E-state index in [-0.39, 0.29) is 9.49 Å². The first-order valence-corrected chi connectivity index (χ1v) is 7.21. The van der Waals surface area contributed by atoms with Crippen LogP contribution in [0.25, 0.3) is 0 Å². The van der Waals surface area contributed by atoms with Crippen molar-refractivity contribution in [2.45, 2.75) is 55.9 Å². The molecule has 92 valence electrons. The van der Waals surface area contributed by atoms with Crippen molar-refractivity contribution >= 4 is 10.4 Å². The van der Waals surface area contributed by atoms with Crippen molar-refractivity contribution < 1.29 is 3.89 Å². The van der Waals surface area contributed by atoms with Crippen molar-refractivity contribution in [1.29, 1.82) is 0 Å². The highest BCUT2D eigenvalue weighted by molar-refractivity contribution is 8.31. The Kier molecular flexibility index (Phi) is 3.45. The van der Waals surface area contributed by atoms with Crippen molar-refractivity contribution in [2.24, 2.45) is 0 Å². The van der Waals surface area contributed by atoms with E-state index in [4.69, 9.17) is 0 Å². The smallest absolute Gasteiger partial charge is 0.0224 e. The third-order valence-electron chi connectivity index (χ3n) is 2.76. The summed E-state index contributed by atoms with van der Waals surface area (Å²) in [6.07, 6.45) is 0. The van der Waals surface area contributed by atoms with E-state index in [1.54, 1.807) is 0 Å². The van der Waals surface area contributed by atoms with Crippen LogP contribution in [0.4, 0.5) is 3.89 Å². The minimum absolute atomic E-state index is 0.341. The third kappa shape index (κ3) is 2.13. The fourth-order valence-corrected chi connectivity index (χ4v) is 6.02. The van der Waals surface area contributed by atoms with Crippen LogP contribution in [0.5, 0.6) is 0 Å². The molecule has 1 aromatic carbocycles. The van der Waals surface area contributed by atoms with E-state index in [0.717, 1.165) is 4.90 Å². The lowest BCUT2D eigenvalue weighted by Gasteiger charge is -2.52. The largest absolute Gasteiger partial charge is 0.184 e. The van der Waals surface area contributed by atoms with Gasteiger partial charge in [-0.1, -0.05) is 28.6 Å². The molecule has 0 amide bonds. The summed E-state index contributed by atoms with van der Waals surface area (Å²) in [6, 6.07) is 9.63. The van der Waals surface area contributed by atoms with E-state index >= 15 is 3.89 Å². The molecule has 0 atom stereocenters. The number of benzene rings is 1. The minimum atomic E-state index is -2.35. The third-order valence-corrected chi connectivity index (χ3v) is 7.05. The predicted octanol–water partition coefficient (Wildman–Crippen LogP) is 5.33. The molecule has 0 aliphatic carbocycles. The summed E-state index contributed by atoms with van der Waals surface area (Å²) in [6.45, 7) is 12.0. The van der Waals surface area contributed by atoms with E-state index in [2.05, 4.69) is 0 Å². The molecule has 0 aromatic heterocycles. The maximum absolute atomic E-state index is 15.6. The summed E-state index contributed by atoms with van der Waals surface area (Å²) in [7, 11) is -2.35. The highest BCUT2D eigenvalue weighted by atomic mass is 32.3. The fraction of sp³-hybridized carbons (Fsp3) is 0.571. The van der Waals surface area contributed by atoms with Crippen LogP contribution >= 0.6 is 10.4 Å².